The number of hydrogen-bond acceptors (Lipinski definition) is 4. The van der Waals surface area contributed by atoms with Crippen LogP contribution in [0.5, 0.6) is 5.75 Å². The van der Waals surface area contributed by atoms with E-state index >= 15 is 0 Å². The Hall–Kier alpha value is -1.75. The number of para-hydroxylation sites is 1. The van der Waals surface area contributed by atoms with Crippen molar-refractivity contribution in [2.75, 3.05) is 12.5 Å². The maximum atomic E-state index is 5.64. The highest BCUT2D eigenvalue weighted by Crippen LogP contribution is 2.37. The van der Waals surface area contributed by atoms with Gasteiger partial charge in [0.2, 0.25) is 5.95 Å². The number of ether oxygens (including phenoxy) is 1. The lowest BCUT2D eigenvalue weighted by Gasteiger charge is -2.25. The van der Waals surface area contributed by atoms with Crippen LogP contribution in [0.1, 0.15) is 38.1 Å². The number of imidazole rings is 1. The summed E-state index contributed by atoms with van der Waals surface area (Å²) in [6, 6.07) is 6.39. The molecule has 1 aliphatic carbocycles. The fourth-order valence-electron chi connectivity index (χ4n) is 3.08. The van der Waals surface area contributed by atoms with E-state index in [4.69, 9.17) is 10.6 Å². The Labute approximate surface area is 112 Å². The molecular weight excluding hydrogens is 240 g/mol. The van der Waals surface area contributed by atoms with E-state index in [-0.39, 0.29) is 0 Å². The van der Waals surface area contributed by atoms with Gasteiger partial charge in [-0.15, -0.1) is 0 Å². The Balaban J connectivity index is 2.18. The monoisotopic (exact) mass is 260 g/mol. The van der Waals surface area contributed by atoms with Crippen molar-refractivity contribution in [1.29, 1.82) is 0 Å². The molecule has 0 aliphatic heterocycles. The molecule has 1 aliphatic rings. The van der Waals surface area contributed by atoms with Gasteiger partial charge >= 0.3 is 0 Å². The number of nitrogens with two attached hydrogens (primary N) is 1. The molecule has 102 valence electrons. The van der Waals surface area contributed by atoms with E-state index in [1.54, 1.807) is 7.11 Å². The van der Waals surface area contributed by atoms with E-state index in [9.17, 15) is 0 Å². The summed E-state index contributed by atoms with van der Waals surface area (Å²) in [5.74, 6) is 7.23. The van der Waals surface area contributed by atoms with Gasteiger partial charge in [0.15, 0.2) is 0 Å². The second-order valence-electron chi connectivity index (χ2n) is 5.07. The van der Waals surface area contributed by atoms with Gasteiger partial charge in [-0.25, -0.2) is 10.8 Å². The van der Waals surface area contributed by atoms with Gasteiger partial charge in [-0.05, 0) is 25.0 Å². The zero-order chi connectivity index (χ0) is 13.2. The summed E-state index contributed by atoms with van der Waals surface area (Å²) in [6.07, 6.45) is 6.22. The van der Waals surface area contributed by atoms with E-state index in [1.807, 2.05) is 18.2 Å². The Morgan fingerprint density at radius 3 is 2.79 bits per heavy atom. The van der Waals surface area contributed by atoms with Crippen molar-refractivity contribution in [1.82, 2.24) is 9.55 Å². The number of hydrazine groups is 1. The van der Waals surface area contributed by atoms with Crippen molar-refractivity contribution in [3.8, 4) is 5.75 Å². The van der Waals surface area contributed by atoms with Crippen LogP contribution in [0.25, 0.3) is 11.0 Å². The van der Waals surface area contributed by atoms with Gasteiger partial charge in [-0.3, -0.25) is 5.43 Å². The van der Waals surface area contributed by atoms with E-state index in [0.717, 1.165) is 22.7 Å². The first kappa shape index (κ1) is 12.3. The number of nitrogens with one attached hydrogen (secondary N) is 1. The molecule has 1 aromatic carbocycles. The molecule has 1 fully saturated rings. The van der Waals surface area contributed by atoms with Gasteiger partial charge in [0.1, 0.15) is 11.3 Å². The summed E-state index contributed by atoms with van der Waals surface area (Å²) in [4.78, 5) is 4.56. The second-order valence-corrected chi connectivity index (χ2v) is 5.07. The first-order valence-corrected chi connectivity index (χ1v) is 6.86. The lowest BCUT2D eigenvalue weighted by Crippen LogP contribution is -2.19. The zero-order valence-corrected chi connectivity index (χ0v) is 11.2. The summed E-state index contributed by atoms with van der Waals surface area (Å²) >= 11 is 0. The van der Waals surface area contributed by atoms with E-state index in [0.29, 0.717) is 6.04 Å². The van der Waals surface area contributed by atoms with Crippen molar-refractivity contribution in [2.45, 2.75) is 38.1 Å². The van der Waals surface area contributed by atoms with Gasteiger partial charge in [0.05, 0.1) is 12.6 Å². The van der Waals surface area contributed by atoms with Crippen molar-refractivity contribution < 1.29 is 4.74 Å². The number of fused-ring (bicyclic) bond motifs is 1. The van der Waals surface area contributed by atoms with Crippen molar-refractivity contribution >= 4 is 17.0 Å². The molecule has 1 heterocycles. The molecule has 0 unspecified atom stereocenters. The molecule has 1 saturated carbocycles. The lowest BCUT2D eigenvalue weighted by atomic mass is 9.95. The third kappa shape index (κ3) is 2.04. The third-order valence-electron chi connectivity index (χ3n) is 3.96. The standard InChI is InChI=1S/C14H20N4O/c1-19-12-9-5-8-11-13(12)18(14(16-11)17-15)10-6-3-2-4-7-10/h5,8-10H,2-4,6-7,15H2,1H3,(H,16,17). The molecule has 1 aromatic heterocycles. The van der Waals surface area contributed by atoms with Crippen LogP contribution in [0, 0.1) is 0 Å². The van der Waals surface area contributed by atoms with Crippen molar-refractivity contribution in [3.63, 3.8) is 0 Å². The summed E-state index contributed by atoms with van der Waals surface area (Å²) in [6.45, 7) is 0. The predicted octanol–water partition coefficient (Wildman–Crippen LogP) is 2.84. The van der Waals surface area contributed by atoms with Crippen LogP contribution in [0.4, 0.5) is 5.95 Å². The van der Waals surface area contributed by atoms with E-state index in [2.05, 4.69) is 15.0 Å². The number of nitrogens with zero attached hydrogens (tertiary/aromatic N) is 2. The Morgan fingerprint density at radius 2 is 2.11 bits per heavy atom. The summed E-state index contributed by atoms with van der Waals surface area (Å²) in [5, 5.41) is 0. The highest BCUT2D eigenvalue weighted by Gasteiger charge is 2.22. The third-order valence-corrected chi connectivity index (χ3v) is 3.96. The fourth-order valence-corrected chi connectivity index (χ4v) is 3.08. The summed E-state index contributed by atoms with van der Waals surface area (Å²) < 4.78 is 7.70. The lowest BCUT2D eigenvalue weighted by molar-refractivity contribution is 0.357. The molecule has 0 saturated heterocycles. The van der Waals surface area contributed by atoms with Crippen LogP contribution >= 0.6 is 0 Å². The van der Waals surface area contributed by atoms with Crippen LogP contribution in [0.3, 0.4) is 0 Å². The number of rotatable bonds is 3. The molecule has 0 radical (unpaired) electrons. The maximum absolute atomic E-state index is 5.64. The molecule has 0 bridgehead atoms. The Bertz CT molecular complexity index is 572. The van der Waals surface area contributed by atoms with Crippen molar-refractivity contribution in [3.05, 3.63) is 18.2 Å². The highest BCUT2D eigenvalue weighted by atomic mass is 16.5. The van der Waals surface area contributed by atoms with Crippen molar-refractivity contribution in [2.24, 2.45) is 5.84 Å². The number of anilines is 1. The van der Waals surface area contributed by atoms with Crippen LogP contribution < -0.4 is 16.0 Å². The van der Waals surface area contributed by atoms with Gasteiger partial charge in [-0.1, -0.05) is 25.3 Å². The molecule has 19 heavy (non-hydrogen) atoms. The minimum absolute atomic E-state index is 0.459. The number of nitrogen functional groups attached to an aromatic ring is 1. The second kappa shape index (κ2) is 5.09. The quantitative estimate of drug-likeness (QED) is 0.658. The van der Waals surface area contributed by atoms with E-state index in [1.165, 1.54) is 32.1 Å². The average Bonchev–Trinajstić information content (AvgIpc) is 2.86. The number of benzene rings is 1. The molecule has 0 atom stereocenters. The van der Waals surface area contributed by atoms with Gasteiger partial charge in [0.25, 0.3) is 0 Å². The molecule has 3 rings (SSSR count). The minimum Gasteiger partial charge on any atom is -0.494 e. The van der Waals surface area contributed by atoms with Crippen LogP contribution in [-0.2, 0) is 0 Å². The summed E-state index contributed by atoms with van der Waals surface area (Å²) in [7, 11) is 1.70. The SMILES string of the molecule is COc1cccc2nc(NN)n(C3CCCCC3)c12. The Kier molecular flexibility index (Phi) is 3.29. The largest absolute Gasteiger partial charge is 0.494 e. The molecule has 3 N–H and O–H groups in total. The normalized spacial score (nSPS) is 16.7. The first-order valence-electron chi connectivity index (χ1n) is 6.86. The van der Waals surface area contributed by atoms with Gasteiger partial charge in [0, 0.05) is 6.04 Å². The van der Waals surface area contributed by atoms with E-state index < -0.39 is 0 Å². The molecule has 2 aromatic rings. The van der Waals surface area contributed by atoms with Crippen LogP contribution in [-0.4, -0.2) is 16.7 Å². The number of methoxy groups -OCH3 is 1. The smallest absolute Gasteiger partial charge is 0.218 e. The molecule has 5 heteroatoms. The maximum Gasteiger partial charge on any atom is 0.218 e. The Morgan fingerprint density at radius 1 is 1.32 bits per heavy atom. The fraction of sp³-hybridized carbons (Fsp3) is 0.500. The molecule has 0 spiro atoms. The topological polar surface area (TPSA) is 65.1 Å². The first-order chi connectivity index (χ1) is 9.35. The van der Waals surface area contributed by atoms with Gasteiger partial charge in [-0.2, -0.15) is 0 Å². The highest BCUT2D eigenvalue weighted by molar-refractivity contribution is 5.85. The molecule has 5 nitrogen and oxygen atoms in total. The molecular formula is C14H20N4O. The zero-order valence-electron chi connectivity index (χ0n) is 11.2. The molecule has 0 amide bonds. The number of aromatic nitrogens is 2. The van der Waals surface area contributed by atoms with Crippen LogP contribution in [0.2, 0.25) is 0 Å². The minimum atomic E-state index is 0.459. The predicted molar refractivity (Wildman–Crippen MR) is 76.2 cm³/mol. The average molecular weight is 260 g/mol. The van der Waals surface area contributed by atoms with Gasteiger partial charge < -0.3 is 9.30 Å². The number of hydrogen-bond donors (Lipinski definition) is 2. The van der Waals surface area contributed by atoms with Crippen LogP contribution in [0.15, 0.2) is 18.2 Å². The summed E-state index contributed by atoms with van der Waals surface area (Å²) in [5.41, 5.74) is 4.70.